The molecule has 268 valence electrons. The summed E-state index contributed by atoms with van der Waals surface area (Å²) in [7, 11) is 0. The maximum Gasteiger partial charge on any atom is 0.573 e. The molecule has 1 aliphatic rings. The minimum atomic E-state index is -5.16. The number of benzene rings is 4. The first-order valence-electron chi connectivity index (χ1n) is 15.6. The van der Waals surface area contributed by atoms with Crippen LogP contribution in [0, 0.1) is 5.82 Å². The fourth-order valence-corrected chi connectivity index (χ4v) is 4.64. The minimum absolute atomic E-state index is 0.107. The third-order valence-electron chi connectivity index (χ3n) is 7.67. The molecule has 1 saturated heterocycles. The summed E-state index contributed by atoms with van der Waals surface area (Å²) in [4.78, 5) is 39.0. The number of hydrogen-bond donors (Lipinski definition) is 1. The fourth-order valence-electron chi connectivity index (χ4n) is 4.64. The highest BCUT2D eigenvalue weighted by Crippen LogP contribution is 2.31. The van der Waals surface area contributed by atoms with Crippen molar-refractivity contribution in [3.05, 3.63) is 125 Å². The molecule has 0 spiro atoms. The lowest BCUT2D eigenvalue weighted by Gasteiger charge is -2.14. The van der Waals surface area contributed by atoms with Crippen molar-refractivity contribution in [1.29, 1.82) is 0 Å². The molecule has 1 fully saturated rings. The van der Waals surface area contributed by atoms with E-state index in [-0.39, 0.29) is 34.8 Å². The molecule has 0 bridgehead atoms. The van der Waals surface area contributed by atoms with Crippen molar-refractivity contribution in [2.24, 2.45) is 0 Å². The van der Waals surface area contributed by atoms with Gasteiger partial charge in [0, 0.05) is 26.1 Å². The van der Waals surface area contributed by atoms with Gasteiger partial charge < -0.3 is 33.5 Å². The van der Waals surface area contributed by atoms with Gasteiger partial charge in [-0.15, -0.1) is 13.2 Å². The lowest BCUT2D eigenvalue weighted by molar-refractivity contribution is -0.275. The van der Waals surface area contributed by atoms with Gasteiger partial charge in [0.15, 0.2) is 11.6 Å². The monoisotopic (exact) mass is 712 g/mol. The fraction of sp³-hybridized carbons (Fsp3) is 0.270. The molecule has 1 N–H and O–H groups in total. The number of ether oxygens (including phenoxy) is 6. The third-order valence-corrected chi connectivity index (χ3v) is 7.67. The van der Waals surface area contributed by atoms with Crippen LogP contribution in [0.4, 0.5) is 17.6 Å². The zero-order valence-corrected chi connectivity index (χ0v) is 27.1. The number of alkyl halides is 3. The van der Waals surface area contributed by atoms with Crippen LogP contribution in [0.15, 0.2) is 91.0 Å². The van der Waals surface area contributed by atoms with Crippen LogP contribution >= 0.6 is 0 Å². The van der Waals surface area contributed by atoms with E-state index in [4.69, 9.17) is 23.7 Å². The van der Waals surface area contributed by atoms with Gasteiger partial charge in [0.25, 0.3) is 0 Å². The first kappa shape index (κ1) is 37.0. The number of esters is 3. The Kier molecular flexibility index (Phi) is 11.7. The Morgan fingerprint density at radius 2 is 1.51 bits per heavy atom. The molecule has 4 aromatic carbocycles. The molecule has 0 aliphatic carbocycles. The quantitative estimate of drug-likeness (QED) is 0.0446. The molecule has 14 heteroatoms. The van der Waals surface area contributed by atoms with Crippen molar-refractivity contribution in [3.8, 4) is 17.2 Å². The molecular formula is C37H32F4O10. The summed E-state index contributed by atoms with van der Waals surface area (Å²) in [5.41, 5.74) is 0.391. The summed E-state index contributed by atoms with van der Waals surface area (Å²) in [5, 5.41) is 10.5. The molecule has 2 atom stereocenters. The maximum atomic E-state index is 14.3. The average molecular weight is 713 g/mol. The molecule has 0 radical (unpaired) electrons. The van der Waals surface area contributed by atoms with Gasteiger partial charge >= 0.3 is 24.3 Å². The Morgan fingerprint density at radius 3 is 2.18 bits per heavy atom. The van der Waals surface area contributed by atoms with E-state index in [0.717, 1.165) is 24.6 Å². The van der Waals surface area contributed by atoms with E-state index in [1.165, 1.54) is 18.2 Å². The van der Waals surface area contributed by atoms with Gasteiger partial charge in [-0.2, -0.15) is 0 Å². The van der Waals surface area contributed by atoms with E-state index in [0.29, 0.717) is 49.5 Å². The number of rotatable bonds is 15. The molecule has 0 amide bonds. The molecule has 10 nitrogen and oxygen atoms in total. The summed E-state index contributed by atoms with van der Waals surface area (Å²) in [6, 6.07) is 20.1. The number of aliphatic hydroxyl groups is 1. The van der Waals surface area contributed by atoms with E-state index < -0.39 is 47.5 Å². The van der Waals surface area contributed by atoms with Gasteiger partial charge in [-0.3, -0.25) is 0 Å². The van der Waals surface area contributed by atoms with Crippen molar-refractivity contribution in [2.45, 2.75) is 44.4 Å². The van der Waals surface area contributed by atoms with E-state index in [2.05, 4.69) is 4.74 Å². The number of carbonyl (C=O) groups excluding carboxylic acids is 3. The summed E-state index contributed by atoms with van der Waals surface area (Å²) in [6.07, 6.45) is -4.87. The molecule has 1 heterocycles. The van der Waals surface area contributed by atoms with Crippen LogP contribution < -0.4 is 14.2 Å². The first-order chi connectivity index (χ1) is 24.3. The van der Waals surface area contributed by atoms with Gasteiger partial charge in [0.2, 0.25) is 0 Å². The van der Waals surface area contributed by atoms with Gasteiger partial charge in [-0.05, 0) is 66.6 Å². The van der Waals surface area contributed by atoms with Crippen molar-refractivity contribution in [1.82, 2.24) is 0 Å². The van der Waals surface area contributed by atoms with E-state index in [9.17, 15) is 37.1 Å². The van der Waals surface area contributed by atoms with Gasteiger partial charge in [-0.1, -0.05) is 42.5 Å². The summed E-state index contributed by atoms with van der Waals surface area (Å²) in [5.74, 6) is -6.13. The zero-order valence-electron chi connectivity index (χ0n) is 27.1. The molecule has 51 heavy (non-hydrogen) atoms. The maximum absolute atomic E-state index is 14.3. The second kappa shape index (κ2) is 16.1. The average Bonchev–Trinajstić information content (AvgIpc) is 3.84. The Balaban J connectivity index is 1.26. The van der Waals surface area contributed by atoms with Crippen molar-refractivity contribution in [2.75, 3.05) is 19.8 Å². The third kappa shape index (κ3) is 10.8. The van der Waals surface area contributed by atoms with E-state index >= 15 is 0 Å². The number of carbonyl (C=O) groups is 3. The van der Waals surface area contributed by atoms with Crippen LogP contribution in [-0.4, -0.2) is 54.8 Å². The minimum Gasteiger partial charge on any atom is -0.457 e. The highest BCUT2D eigenvalue weighted by atomic mass is 19.4. The van der Waals surface area contributed by atoms with Crippen LogP contribution in [0.25, 0.3) is 0 Å². The van der Waals surface area contributed by atoms with Crippen molar-refractivity contribution < 1.29 is 65.5 Å². The van der Waals surface area contributed by atoms with Gasteiger partial charge in [0.05, 0.1) is 29.4 Å². The standard InChI is InChI=1S/C37H32F4O10/c1-36(22-48-36)16-18-46-17-15-30(42)24-7-9-25(10-8-24)33(43)49-27-12-14-31(28(20-27)35(45)47-21-23-5-3-2-4-6-23)50-34(44)26-11-13-32(29(38)19-26)51-37(39,40)41/h2-14,19-20,30,42H,15-18,21-22H2,1H3. The predicted octanol–water partition coefficient (Wildman–Crippen LogP) is 7.14. The van der Waals surface area contributed by atoms with Crippen LogP contribution in [0.5, 0.6) is 17.2 Å². The number of aliphatic hydroxyl groups excluding tert-OH is 1. The topological polar surface area (TPSA) is 130 Å². The van der Waals surface area contributed by atoms with Crippen LogP contribution in [0.3, 0.4) is 0 Å². The van der Waals surface area contributed by atoms with E-state index in [1.54, 1.807) is 42.5 Å². The molecule has 1 aliphatic heterocycles. The summed E-state index contributed by atoms with van der Waals surface area (Å²) in [6.45, 7) is 3.41. The molecule has 2 unspecified atom stereocenters. The molecule has 4 aromatic rings. The largest absolute Gasteiger partial charge is 0.573 e. The van der Waals surface area contributed by atoms with Crippen molar-refractivity contribution in [3.63, 3.8) is 0 Å². The Bertz CT molecular complexity index is 1840. The zero-order chi connectivity index (χ0) is 36.6. The molecule has 0 aromatic heterocycles. The van der Waals surface area contributed by atoms with E-state index in [1.807, 2.05) is 6.92 Å². The molecule has 5 rings (SSSR count). The second-order valence-corrected chi connectivity index (χ2v) is 11.7. The van der Waals surface area contributed by atoms with Crippen molar-refractivity contribution >= 4 is 17.9 Å². The Labute approximate surface area is 289 Å². The lowest BCUT2D eigenvalue weighted by Crippen LogP contribution is -2.18. The summed E-state index contributed by atoms with van der Waals surface area (Å²) < 4.78 is 82.4. The highest BCUT2D eigenvalue weighted by molar-refractivity contribution is 5.97. The van der Waals surface area contributed by atoms with Gasteiger partial charge in [0.1, 0.15) is 23.7 Å². The number of epoxide rings is 1. The Hall–Kier alpha value is -5.31. The number of hydrogen-bond acceptors (Lipinski definition) is 10. The Morgan fingerprint density at radius 1 is 0.843 bits per heavy atom. The molecule has 0 saturated carbocycles. The SMILES string of the molecule is CC1(CCOCCC(O)c2ccc(C(=O)Oc3ccc(OC(=O)c4ccc(OC(F)(F)F)c(F)c4)c(C(=O)OCc4ccccc4)c3)cc2)CO1. The summed E-state index contributed by atoms with van der Waals surface area (Å²) >= 11 is 0. The predicted molar refractivity (Wildman–Crippen MR) is 171 cm³/mol. The highest BCUT2D eigenvalue weighted by Gasteiger charge is 2.38. The smallest absolute Gasteiger partial charge is 0.457 e. The first-order valence-corrected chi connectivity index (χ1v) is 15.6. The van der Waals surface area contributed by atoms with Crippen LogP contribution in [-0.2, 0) is 20.8 Å². The second-order valence-electron chi connectivity index (χ2n) is 11.7. The normalized spacial score (nSPS) is 15.8. The molecular weight excluding hydrogens is 680 g/mol. The lowest BCUT2D eigenvalue weighted by atomic mass is 10.0. The van der Waals surface area contributed by atoms with Crippen LogP contribution in [0.2, 0.25) is 0 Å². The number of halogens is 4. The van der Waals surface area contributed by atoms with Crippen LogP contribution in [0.1, 0.15) is 68.1 Å². The van der Waals surface area contributed by atoms with Gasteiger partial charge in [-0.25, -0.2) is 18.8 Å².